The van der Waals surface area contributed by atoms with Gasteiger partial charge in [0.25, 0.3) is 0 Å². The molecule has 1 aliphatic carbocycles. The van der Waals surface area contributed by atoms with Crippen molar-refractivity contribution in [1.29, 1.82) is 0 Å². The number of hydrogen-bond donors (Lipinski definition) is 0. The van der Waals surface area contributed by atoms with Gasteiger partial charge in [-0.05, 0) is 97.2 Å². The monoisotopic (exact) mass is 722 g/mol. The molecule has 3 aromatic carbocycles. The van der Waals surface area contributed by atoms with Crippen molar-refractivity contribution in [1.82, 2.24) is 0 Å². The predicted octanol–water partition coefficient (Wildman–Crippen LogP) is 12.4. The number of halogens is 3. The summed E-state index contributed by atoms with van der Waals surface area (Å²) < 4.78 is 57.3. The molecule has 0 radical (unpaired) electrons. The zero-order valence-corrected chi connectivity index (χ0v) is 31.1. The van der Waals surface area contributed by atoms with Crippen LogP contribution in [0.5, 0.6) is 11.5 Å². The summed E-state index contributed by atoms with van der Waals surface area (Å²) in [5, 5.41) is 0. The molecule has 0 N–H and O–H groups in total. The number of ether oxygens (including phenoxy) is 3. The van der Waals surface area contributed by atoms with Crippen LogP contribution in [0.3, 0.4) is 0 Å². The van der Waals surface area contributed by atoms with Gasteiger partial charge in [-0.25, -0.2) is 4.79 Å². The second-order valence-corrected chi connectivity index (χ2v) is 14.2. The Morgan fingerprint density at radius 2 is 1.25 bits per heavy atom. The lowest BCUT2D eigenvalue weighted by Crippen LogP contribution is -2.37. The minimum atomic E-state index is -4.58. The summed E-state index contributed by atoms with van der Waals surface area (Å²) in [4.78, 5) is 25.7. The fourth-order valence-electron chi connectivity index (χ4n) is 6.77. The van der Waals surface area contributed by atoms with E-state index < -0.39 is 30.1 Å². The Bertz CT molecular complexity index is 1500. The lowest BCUT2D eigenvalue weighted by molar-refractivity contribution is -0.225. The molecule has 0 aromatic heterocycles. The third kappa shape index (κ3) is 13.6. The van der Waals surface area contributed by atoms with Crippen molar-refractivity contribution in [2.24, 2.45) is 5.92 Å². The minimum absolute atomic E-state index is 0.210. The molecule has 1 aliphatic rings. The van der Waals surface area contributed by atoms with Gasteiger partial charge in [0.1, 0.15) is 11.5 Å². The second-order valence-electron chi connectivity index (χ2n) is 14.2. The van der Waals surface area contributed by atoms with Crippen LogP contribution in [0.15, 0.2) is 66.7 Å². The van der Waals surface area contributed by atoms with E-state index in [-0.39, 0.29) is 12.8 Å². The van der Waals surface area contributed by atoms with Gasteiger partial charge in [0, 0.05) is 0 Å². The summed E-state index contributed by atoms with van der Waals surface area (Å²) in [6.45, 7) is 4.96. The third-order valence-electron chi connectivity index (χ3n) is 9.97. The van der Waals surface area contributed by atoms with Crippen molar-refractivity contribution >= 4 is 11.9 Å². The van der Waals surface area contributed by atoms with Crippen molar-refractivity contribution in [3.05, 3.63) is 83.4 Å². The average Bonchev–Trinajstić information content (AvgIpc) is 3.14. The van der Waals surface area contributed by atoms with Crippen LogP contribution < -0.4 is 9.47 Å². The SMILES string of the molecule is CCCCCCCCCCCCOc1ccc(-c2ccc(C(=O)Oc3ccc4c(c3)CCC(C(=O)OC(CCCCCC)C(F)(F)F)C4)cc2)cc1. The Hall–Kier alpha value is -3.81. The smallest absolute Gasteiger partial charge is 0.425 e. The molecule has 5 nitrogen and oxygen atoms in total. The van der Waals surface area contributed by atoms with Crippen molar-refractivity contribution in [3.63, 3.8) is 0 Å². The minimum Gasteiger partial charge on any atom is -0.494 e. The Morgan fingerprint density at radius 1 is 0.692 bits per heavy atom. The lowest BCUT2D eigenvalue weighted by Gasteiger charge is -2.27. The molecule has 0 saturated heterocycles. The van der Waals surface area contributed by atoms with Crippen LogP contribution in [0.25, 0.3) is 11.1 Å². The molecule has 3 aromatic rings. The van der Waals surface area contributed by atoms with Crippen LogP contribution in [0, 0.1) is 5.92 Å². The molecule has 0 heterocycles. The normalized spacial score (nSPS) is 14.8. The second kappa shape index (κ2) is 21.7. The van der Waals surface area contributed by atoms with Gasteiger partial charge in [0.05, 0.1) is 18.1 Å². The van der Waals surface area contributed by atoms with Gasteiger partial charge >= 0.3 is 18.1 Å². The number of rotatable bonds is 22. The fourth-order valence-corrected chi connectivity index (χ4v) is 6.77. The topological polar surface area (TPSA) is 61.8 Å². The van der Waals surface area contributed by atoms with E-state index in [0.717, 1.165) is 53.9 Å². The van der Waals surface area contributed by atoms with E-state index in [2.05, 4.69) is 6.92 Å². The van der Waals surface area contributed by atoms with E-state index in [4.69, 9.17) is 14.2 Å². The molecule has 52 heavy (non-hydrogen) atoms. The molecule has 0 fully saturated rings. The Kier molecular flexibility index (Phi) is 17.1. The van der Waals surface area contributed by atoms with Gasteiger partial charge in [-0.3, -0.25) is 4.79 Å². The van der Waals surface area contributed by atoms with Crippen molar-refractivity contribution in [2.75, 3.05) is 6.61 Å². The van der Waals surface area contributed by atoms with E-state index in [1.807, 2.05) is 43.3 Å². The number of hydrogen-bond acceptors (Lipinski definition) is 5. The van der Waals surface area contributed by atoms with Crippen LogP contribution in [0.1, 0.15) is 138 Å². The molecule has 0 spiro atoms. The third-order valence-corrected chi connectivity index (χ3v) is 9.97. The summed E-state index contributed by atoms with van der Waals surface area (Å²) in [5.41, 5.74) is 4.16. The van der Waals surface area contributed by atoms with Crippen LogP contribution in [0.4, 0.5) is 13.2 Å². The van der Waals surface area contributed by atoms with Crippen molar-refractivity contribution in [2.45, 2.75) is 142 Å². The van der Waals surface area contributed by atoms with Gasteiger partial charge < -0.3 is 14.2 Å². The highest BCUT2D eigenvalue weighted by Gasteiger charge is 2.43. The van der Waals surface area contributed by atoms with Gasteiger partial charge in [0.2, 0.25) is 0 Å². The number of carbonyl (C=O) groups is 2. The maximum atomic E-state index is 13.6. The van der Waals surface area contributed by atoms with E-state index in [9.17, 15) is 22.8 Å². The Morgan fingerprint density at radius 3 is 1.87 bits per heavy atom. The highest BCUT2D eigenvalue weighted by molar-refractivity contribution is 5.91. The van der Waals surface area contributed by atoms with Gasteiger partial charge in [-0.1, -0.05) is 121 Å². The Balaban J connectivity index is 1.20. The molecule has 284 valence electrons. The standard InChI is InChI=1S/C44H57F3O5/c1-3-5-7-9-10-11-12-13-14-16-30-50-39-27-24-34(25-28-39)33-18-20-35(21-19-33)42(48)51-40-29-26-36-31-38(23-22-37(36)32-40)43(49)52-41(44(45,46)47)17-15-8-6-4-2/h18-21,24-29,32,38,41H,3-17,22-23,30-31H2,1-2H3. The summed E-state index contributed by atoms with van der Waals surface area (Å²) in [6.07, 6.45) is 10.0. The van der Waals surface area contributed by atoms with E-state index in [0.29, 0.717) is 37.0 Å². The van der Waals surface area contributed by atoms with E-state index in [1.54, 1.807) is 30.3 Å². The van der Waals surface area contributed by atoms with E-state index >= 15 is 0 Å². The van der Waals surface area contributed by atoms with Crippen molar-refractivity contribution in [3.8, 4) is 22.6 Å². The first kappa shape index (κ1) is 41.0. The number of esters is 2. The van der Waals surface area contributed by atoms with Crippen LogP contribution in [-0.4, -0.2) is 30.8 Å². The first-order chi connectivity index (χ1) is 25.2. The molecule has 4 rings (SSSR count). The molecule has 8 heteroatoms. The average molecular weight is 723 g/mol. The zero-order chi connectivity index (χ0) is 37.2. The van der Waals surface area contributed by atoms with Crippen LogP contribution >= 0.6 is 0 Å². The van der Waals surface area contributed by atoms with E-state index in [1.165, 1.54) is 57.8 Å². The number of fused-ring (bicyclic) bond motifs is 1. The molecule has 2 atom stereocenters. The number of carbonyl (C=O) groups excluding carboxylic acids is 2. The van der Waals surface area contributed by atoms with Gasteiger partial charge in [0.15, 0.2) is 6.10 Å². The lowest BCUT2D eigenvalue weighted by atomic mass is 9.84. The molecular formula is C44H57F3O5. The molecule has 0 bridgehead atoms. The maximum Gasteiger partial charge on any atom is 0.425 e. The highest BCUT2D eigenvalue weighted by atomic mass is 19.4. The number of unbranched alkanes of at least 4 members (excludes halogenated alkanes) is 12. The highest BCUT2D eigenvalue weighted by Crippen LogP contribution is 2.33. The summed E-state index contributed by atoms with van der Waals surface area (Å²) in [7, 11) is 0. The molecule has 2 unspecified atom stereocenters. The van der Waals surface area contributed by atoms with Gasteiger partial charge in [-0.2, -0.15) is 13.2 Å². The summed E-state index contributed by atoms with van der Waals surface area (Å²) >= 11 is 0. The molecule has 0 aliphatic heterocycles. The fraction of sp³-hybridized carbons (Fsp3) is 0.545. The summed E-state index contributed by atoms with van der Waals surface area (Å²) in [6, 6.07) is 20.4. The Labute approximate surface area is 308 Å². The number of benzene rings is 3. The zero-order valence-electron chi connectivity index (χ0n) is 31.1. The first-order valence-corrected chi connectivity index (χ1v) is 19.6. The molecular weight excluding hydrogens is 665 g/mol. The molecule has 0 saturated carbocycles. The quantitative estimate of drug-likeness (QED) is 0.0587. The first-order valence-electron chi connectivity index (χ1n) is 19.6. The predicted molar refractivity (Wildman–Crippen MR) is 201 cm³/mol. The van der Waals surface area contributed by atoms with Crippen LogP contribution in [0.2, 0.25) is 0 Å². The largest absolute Gasteiger partial charge is 0.494 e. The molecule has 0 amide bonds. The van der Waals surface area contributed by atoms with Crippen molar-refractivity contribution < 1.29 is 37.0 Å². The number of aryl methyl sites for hydroxylation is 1. The maximum absolute atomic E-state index is 13.6. The van der Waals surface area contributed by atoms with Gasteiger partial charge in [-0.15, -0.1) is 0 Å². The van der Waals surface area contributed by atoms with Crippen LogP contribution in [-0.2, 0) is 22.4 Å². The summed E-state index contributed by atoms with van der Waals surface area (Å²) in [5.74, 6) is -0.698. The number of alkyl halides is 3.